The zero-order valence-electron chi connectivity index (χ0n) is 10.7. The van der Waals surface area contributed by atoms with E-state index in [1.54, 1.807) is 0 Å². The van der Waals surface area contributed by atoms with Gasteiger partial charge in [0, 0.05) is 17.0 Å². The number of aromatic nitrogens is 1. The monoisotopic (exact) mass is 235 g/mol. The maximum Gasteiger partial charge on any atom is 0.0534 e. The van der Waals surface area contributed by atoms with E-state index >= 15 is 0 Å². The van der Waals surface area contributed by atoms with Gasteiger partial charge in [-0.05, 0) is 30.2 Å². The van der Waals surface area contributed by atoms with Crippen LogP contribution >= 0.6 is 0 Å². The van der Waals surface area contributed by atoms with Crippen molar-refractivity contribution in [2.45, 2.75) is 19.8 Å². The molecular formula is C17H17N. The molecule has 0 bridgehead atoms. The molecular weight excluding hydrogens is 218 g/mol. The molecule has 0 spiro atoms. The van der Waals surface area contributed by atoms with E-state index in [4.69, 9.17) is 0 Å². The Balaban J connectivity index is 2.41. The highest BCUT2D eigenvalue weighted by Gasteiger charge is 2.08. The van der Waals surface area contributed by atoms with Crippen LogP contribution in [0.15, 0.2) is 49.0 Å². The molecule has 1 nitrogen and oxygen atoms in total. The molecule has 3 rings (SSSR count). The number of nitrogens with zero attached hydrogens (tertiary/aromatic N) is 1. The van der Waals surface area contributed by atoms with Crippen LogP contribution in [0, 0.1) is 0 Å². The molecule has 0 aliphatic carbocycles. The van der Waals surface area contributed by atoms with Crippen molar-refractivity contribution in [1.29, 1.82) is 0 Å². The molecule has 0 N–H and O–H groups in total. The number of rotatable bonds is 3. The van der Waals surface area contributed by atoms with Gasteiger partial charge >= 0.3 is 0 Å². The van der Waals surface area contributed by atoms with Gasteiger partial charge in [-0.15, -0.1) is 0 Å². The molecule has 0 unspecified atom stereocenters. The molecule has 3 aromatic rings. The first-order valence-corrected chi connectivity index (χ1v) is 6.49. The number of fused-ring (bicyclic) bond motifs is 3. The molecule has 0 saturated carbocycles. The first kappa shape index (κ1) is 11.1. The van der Waals surface area contributed by atoms with Gasteiger partial charge in [0.05, 0.1) is 11.0 Å². The van der Waals surface area contributed by atoms with Crippen LogP contribution in [-0.4, -0.2) is 4.57 Å². The highest BCUT2D eigenvalue weighted by Crippen LogP contribution is 2.30. The molecule has 1 heterocycles. The number of hydrogen-bond acceptors (Lipinski definition) is 0. The lowest BCUT2D eigenvalue weighted by Crippen LogP contribution is -1.85. The van der Waals surface area contributed by atoms with Gasteiger partial charge in [0.25, 0.3) is 0 Å². The Kier molecular flexibility index (Phi) is 2.67. The summed E-state index contributed by atoms with van der Waals surface area (Å²) in [6.45, 7) is 6.14. The van der Waals surface area contributed by atoms with Crippen molar-refractivity contribution < 1.29 is 0 Å². The Morgan fingerprint density at radius 1 is 1.06 bits per heavy atom. The molecule has 1 heteroatoms. The molecule has 0 fully saturated rings. The van der Waals surface area contributed by atoms with Gasteiger partial charge in [-0.1, -0.05) is 44.2 Å². The minimum Gasteiger partial charge on any atom is -0.317 e. The standard InChI is InChI=1S/C17H17N/c1-3-7-13-10-11-17-15(12-13)14-8-5-6-9-16(14)18(17)4-2/h4-6,8-12H,2-3,7H2,1H3. The fourth-order valence-corrected chi connectivity index (χ4v) is 2.69. The van der Waals surface area contributed by atoms with Crippen LogP contribution in [-0.2, 0) is 6.42 Å². The van der Waals surface area contributed by atoms with Crippen molar-refractivity contribution in [2.75, 3.05) is 0 Å². The molecule has 90 valence electrons. The summed E-state index contributed by atoms with van der Waals surface area (Å²) in [6.07, 6.45) is 4.22. The van der Waals surface area contributed by atoms with Gasteiger partial charge in [0.15, 0.2) is 0 Å². The van der Waals surface area contributed by atoms with E-state index in [1.165, 1.54) is 33.8 Å². The summed E-state index contributed by atoms with van der Waals surface area (Å²) in [5, 5.41) is 2.64. The van der Waals surface area contributed by atoms with E-state index in [1.807, 2.05) is 6.20 Å². The molecule has 0 saturated heterocycles. The van der Waals surface area contributed by atoms with E-state index in [0.717, 1.165) is 6.42 Å². The van der Waals surface area contributed by atoms with E-state index in [-0.39, 0.29) is 0 Å². The lowest BCUT2D eigenvalue weighted by Gasteiger charge is -2.01. The van der Waals surface area contributed by atoms with Gasteiger partial charge in [0.1, 0.15) is 0 Å². The summed E-state index contributed by atoms with van der Waals surface area (Å²) in [6, 6.07) is 15.3. The van der Waals surface area contributed by atoms with Gasteiger partial charge in [0.2, 0.25) is 0 Å². The Hall–Kier alpha value is -2.02. The maximum atomic E-state index is 3.93. The Morgan fingerprint density at radius 2 is 1.83 bits per heavy atom. The predicted molar refractivity (Wildman–Crippen MR) is 79.8 cm³/mol. The molecule has 0 aliphatic heterocycles. The molecule has 0 amide bonds. The van der Waals surface area contributed by atoms with Crippen molar-refractivity contribution >= 4 is 28.0 Å². The summed E-state index contributed by atoms with van der Waals surface area (Å²) in [5.74, 6) is 0. The zero-order chi connectivity index (χ0) is 12.5. The third-order valence-electron chi connectivity index (χ3n) is 3.50. The summed E-state index contributed by atoms with van der Waals surface area (Å²) in [5.41, 5.74) is 3.89. The zero-order valence-corrected chi connectivity index (χ0v) is 10.7. The quantitative estimate of drug-likeness (QED) is 0.611. The van der Waals surface area contributed by atoms with Gasteiger partial charge < -0.3 is 4.57 Å². The second-order valence-corrected chi connectivity index (χ2v) is 4.67. The predicted octanol–water partition coefficient (Wildman–Crippen LogP) is 4.85. The number of aryl methyl sites for hydroxylation is 1. The number of para-hydroxylation sites is 1. The fourth-order valence-electron chi connectivity index (χ4n) is 2.69. The second kappa shape index (κ2) is 4.34. The minimum atomic E-state index is 1.14. The number of hydrogen-bond donors (Lipinski definition) is 0. The first-order chi connectivity index (χ1) is 8.85. The first-order valence-electron chi connectivity index (χ1n) is 6.49. The fraction of sp³-hybridized carbons (Fsp3) is 0.176. The highest BCUT2D eigenvalue weighted by molar-refractivity contribution is 6.09. The topological polar surface area (TPSA) is 4.93 Å². The lowest BCUT2D eigenvalue weighted by molar-refractivity contribution is 0.923. The van der Waals surface area contributed by atoms with Crippen molar-refractivity contribution in [3.63, 3.8) is 0 Å². The third-order valence-corrected chi connectivity index (χ3v) is 3.50. The van der Waals surface area contributed by atoms with E-state index in [9.17, 15) is 0 Å². The average Bonchev–Trinajstić information content (AvgIpc) is 2.72. The van der Waals surface area contributed by atoms with Crippen LogP contribution in [0.2, 0.25) is 0 Å². The molecule has 1 aromatic heterocycles. The Labute approximate surface area is 107 Å². The van der Waals surface area contributed by atoms with Gasteiger partial charge in [-0.2, -0.15) is 0 Å². The van der Waals surface area contributed by atoms with Crippen molar-refractivity contribution in [1.82, 2.24) is 4.57 Å². The van der Waals surface area contributed by atoms with Gasteiger partial charge in [-0.25, -0.2) is 0 Å². The minimum absolute atomic E-state index is 1.14. The summed E-state index contributed by atoms with van der Waals surface area (Å²) < 4.78 is 2.17. The van der Waals surface area contributed by atoms with E-state index < -0.39 is 0 Å². The Bertz CT molecular complexity index is 719. The smallest absolute Gasteiger partial charge is 0.0534 e. The molecule has 0 radical (unpaired) electrons. The van der Waals surface area contributed by atoms with Crippen LogP contribution < -0.4 is 0 Å². The summed E-state index contributed by atoms with van der Waals surface area (Å²) in [7, 11) is 0. The third kappa shape index (κ3) is 1.55. The van der Waals surface area contributed by atoms with Gasteiger partial charge in [-0.3, -0.25) is 0 Å². The van der Waals surface area contributed by atoms with E-state index in [2.05, 4.69) is 60.5 Å². The largest absolute Gasteiger partial charge is 0.317 e. The van der Waals surface area contributed by atoms with Crippen molar-refractivity contribution in [3.05, 3.63) is 54.6 Å². The normalized spacial score (nSPS) is 11.2. The molecule has 2 aromatic carbocycles. The highest BCUT2D eigenvalue weighted by atomic mass is 14.9. The van der Waals surface area contributed by atoms with Crippen LogP contribution in [0.4, 0.5) is 0 Å². The summed E-state index contributed by atoms with van der Waals surface area (Å²) >= 11 is 0. The number of benzene rings is 2. The molecule has 18 heavy (non-hydrogen) atoms. The summed E-state index contributed by atoms with van der Waals surface area (Å²) in [4.78, 5) is 0. The maximum absolute atomic E-state index is 3.93. The second-order valence-electron chi connectivity index (χ2n) is 4.67. The van der Waals surface area contributed by atoms with Crippen molar-refractivity contribution in [2.24, 2.45) is 0 Å². The SMILES string of the molecule is C=Cn1c2ccccc2c2cc(CCC)ccc21. The lowest BCUT2D eigenvalue weighted by atomic mass is 10.1. The van der Waals surface area contributed by atoms with Crippen LogP contribution in [0.25, 0.3) is 28.0 Å². The van der Waals surface area contributed by atoms with Crippen LogP contribution in [0.3, 0.4) is 0 Å². The van der Waals surface area contributed by atoms with E-state index in [0.29, 0.717) is 0 Å². The van der Waals surface area contributed by atoms with Crippen molar-refractivity contribution in [3.8, 4) is 0 Å². The molecule has 0 atom stereocenters. The Morgan fingerprint density at radius 3 is 2.61 bits per heavy atom. The molecule has 0 aliphatic rings. The van der Waals surface area contributed by atoms with Crippen LogP contribution in [0.1, 0.15) is 18.9 Å². The van der Waals surface area contributed by atoms with Crippen LogP contribution in [0.5, 0.6) is 0 Å². The average molecular weight is 235 g/mol.